The van der Waals surface area contributed by atoms with Gasteiger partial charge in [-0.05, 0) is 34.9 Å². The molecule has 0 amide bonds. The Labute approximate surface area is 62.6 Å². The van der Waals surface area contributed by atoms with E-state index in [9.17, 15) is 0 Å². The monoisotopic (exact) mass is 160 g/mol. The van der Waals surface area contributed by atoms with E-state index in [-0.39, 0.29) is 9.87 Å². The third-order valence-electron chi connectivity index (χ3n) is 1.73. The summed E-state index contributed by atoms with van der Waals surface area (Å²) in [6.07, 6.45) is 2.90. The summed E-state index contributed by atoms with van der Waals surface area (Å²) in [5, 5.41) is 0. The van der Waals surface area contributed by atoms with E-state index < -0.39 is 0 Å². The zero-order chi connectivity index (χ0) is 6.54. The smallest absolute Gasteiger partial charge is 0.210 e. The minimum atomic E-state index is 0.115. The van der Waals surface area contributed by atoms with E-state index in [0.29, 0.717) is 0 Å². The fourth-order valence-electron chi connectivity index (χ4n) is 0.961. The third-order valence-corrected chi connectivity index (χ3v) is 4.64. The topological polar surface area (TPSA) is 12.5 Å². The fraction of sp³-hybridized carbons (Fsp3) is 0.667. The molecule has 2 aliphatic rings. The van der Waals surface area contributed by atoms with Gasteiger partial charge in [-0.3, -0.25) is 0 Å². The zero-order valence-electron chi connectivity index (χ0n) is 5.22. The second kappa shape index (κ2) is 1.52. The van der Waals surface area contributed by atoms with Crippen LogP contribution in [0.2, 0.25) is 0 Å². The molecule has 1 nitrogen and oxygen atoms in total. The maximum Gasteiger partial charge on any atom is 0.210 e. The van der Waals surface area contributed by atoms with E-state index in [1.54, 1.807) is 0 Å². The molecule has 3 heteroatoms. The van der Waals surface area contributed by atoms with E-state index >= 15 is 0 Å². The molecule has 0 aromatic heterocycles. The van der Waals surface area contributed by atoms with Gasteiger partial charge in [-0.2, -0.15) is 0 Å². The molecule has 2 fully saturated rings. The highest BCUT2D eigenvalue weighted by molar-refractivity contribution is 8.93. The minimum Gasteiger partial charge on any atom is -0.339 e. The van der Waals surface area contributed by atoms with Gasteiger partial charge in [0.2, 0.25) is 4.27 Å². The summed E-state index contributed by atoms with van der Waals surface area (Å²) >= 11 is 0. The molecule has 50 valence electrons. The maximum atomic E-state index is 5.50. The highest BCUT2D eigenvalue weighted by Crippen LogP contribution is 2.82. The highest BCUT2D eigenvalue weighted by Gasteiger charge is 2.77. The van der Waals surface area contributed by atoms with Crippen molar-refractivity contribution in [2.45, 2.75) is 23.2 Å². The molecule has 0 aromatic rings. The van der Waals surface area contributed by atoms with Crippen molar-refractivity contribution in [3.05, 3.63) is 12.7 Å². The molecule has 0 N–H and O–H groups in total. The van der Waals surface area contributed by atoms with Crippen LogP contribution in [0.3, 0.4) is 0 Å². The maximum absolute atomic E-state index is 5.50. The van der Waals surface area contributed by atoms with Crippen LogP contribution in [0.25, 0.3) is 0 Å². The number of hydrogen-bond donors (Lipinski definition) is 0. The Hall–Kier alpha value is 0.400. The van der Waals surface area contributed by atoms with E-state index in [2.05, 4.69) is 13.5 Å². The summed E-state index contributed by atoms with van der Waals surface area (Å²) in [7, 11) is 3.66. The number of epoxide rings is 1. The molecule has 2 saturated heterocycles. The lowest BCUT2D eigenvalue weighted by Crippen LogP contribution is -2.06. The molecule has 2 heterocycles. The molecule has 0 radical (unpaired) electrons. The van der Waals surface area contributed by atoms with Crippen molar-refractivity contribution >= 4 is 21.6 Å². The van der Waals surface area contributed by atoms with Crippen LogP contribution in [0.4, 0.5) is 0 Å². The summed E-state index contributed by atoms with van der Waals surface area (Å²) in [5.74, 6) is 0. The van der Waals surface area contributed by atoms with Gasteiger partial charge in [-0.15, -0.1) is 6.58 Å². The average Bonchev–Trinajstić information content (AvgIpc) is 2.56. The van der Waals surface area contributed by atoms with Crippen LogP contribution in [0.5, 0.6) is 0 Å². The summed E-state index contributed by atoms with van der Waals surface area (Å²) in [6.45, 7) is 5.82. The third kappa shape index (κ3) is 0.686. The molecule has 1 unspecified atom stereocenters. The Morgan fingerprint density at radius 3 is 2.67 bits per heavy atom. The molecule has 0 aliphatic carbocycles. The quantitative estimate of drug-likeness (QED) is 0.349. The van der Waals surface area contributed by atoms with Crippen LogP contribution in [-0.2, 0) is 4.74 Å². The second-order valence-corrected chi connectivity index (χ2v) is 5.29. The Bertz CT molecular complexity index is 164. The van der Waals surface area contributed by atoms with Crippen LogP contribution in [0.15, 0.2) is 12.7 Å². The molecule has 0 saturated carbocycles. The lowest BCUT2D eigenvalue weighted by atomic mass is 10.1. The Morgan fingerprint density at radius 1 is 1.67 bits per heavy atom. The van der Waals surface area contributed by atoms with Crippen molar-refractivity contribution in [1.82, 2.24) is 0 Å². The second-order valence-electron chi connectivity index (χ2n) is 2.55. The SMILES string of the molecule is C=CCC1(C)OC12SS2. The van der Waals surface area contributed by atoms with Gasteiger partial charge < -0.3 is 4.74 Å². The van der Waals surface area contributed by atoms with Crippen LogP contribution in [0, 0.1) is 0 Å². The van der Waals surface area contributed by atoms with Gasteiger partial charge in [-0.25, -0.2) is 0 Å². The summed E-state index contributed by atoms with van der Waals surface area (Å²) in [5.41, 5.74) is 0.115. The molecular formula is C6H8OS2. The Balaban J connectivity index is 2.03. The lowest BCUT2D eigenvalue weighted by molar-refractivity contribution is 0.320. The van der Waals surface area contributed by atoms with Crippen molar-refractivity contribution in [1.29, 1.82) is 0 Å². The van der Waals surface area contributed by atoms with Crippen molar-refractivity contribution in [3.63, 3.8) is 0 Å². The lowest BCUT2D eigenvalue weighted by Gasteiger charge is -1.95. The van der Waals surface area contributed by atoms with Gasteiger partial charge in [0.15, 0.2) is 0 Å². The molecular weight excluding hydrogens is 152 g/mol. The Morgan fingerprint density at radius 2 is 2.33 bits per heavy atom. The van der Waals surface area contributed by atoms with Crippen molar-refractivity contribution in [2.24, 2.45) is 0 Å². The molecule has 0 aromatic carbocycles. The highest BCUT2D eigenvalue weighted by atomic mass is 33.2. The van der Waals surface area contributed by atoms with Gasteiger partial charge in [0.1, 0.15) is 5.60 Å². The first-order valence-corrected chi connectivity index (χ1v) is 5.05. The largest absolute Gasteiger partial charge is 0.339 e. The number of ether oxygens (including phenoxy) is 1. The fourth-order valence-corrected chi connectivity index (χ4v) is 3.48. The molecule has 0 bridgehead atoms. The summed E-state index contributed by atoms with van der Waals surface area (Å²) < 4.78 is 5.67. The molecule has 1 atom stereocenters. The standard InChI is InChI=1S/C6H8OS2/c1-3-4-5(2)6(7-5)8-9-6/h3H,1,4H2,2H3. The van der Waals surface area contributed by atoms with Gasteiger partial charge in [-0.1, -0.05) is 6.08 Å². The van der Waals surface area contributed by atoms with Crippen LogP contribution in [0.1, 0.15) is 13.3 Å². The molecule has 2 aliphatic heterocycles. The van der Waals surface area contributed by atoms with Gasteiger partial charge >= 0.3 is 0 Å². The molecule has 9 heavy (non-hydrogen) atoms. The first-order valence-electron chi connectivity index (χ1n) is 2.90. The first kappa shape index (κ1) is 6.13. The summed E-state index contributed by atoms with van der Waals surface area (Å²) in [6, 6.07) is 0. The van der Waals surface area contributed by atoms with E-state index in [0.717, 1.165) is 6.42 Å². The van der Waals surface area contributed by atoms with Crippen molar-refractivity contribution < 1.29 is 4.74 Å². The van der Waals surface area contributed by atoms with Crippen molar-refractivity contribution in [3.8, 4) is 0 Å². The van der Waals surface area contributed by atoms with Crippen LogP contribution in [-0.4, -0.2) is 9.87 Å². The molecule has 2 rings (SSSR count). The normalized spacial score (nSPS) is 42.8. The zero-order valence-corrected chi connectivity index (χ0v) is 6.85. The van der Waals surface area contributed by atoms with E-state index in [1.807, 2.05) is 27.7 Å². The van der Waals surface area contributed by atoms with Gasteiger partial charge in [0.25, 0.3) is 0 Å². The molecule has 1 spiro atoms. The number of hydrogen-bond acceptors (Lipinski definition) is 3. The average molecular weight is 160 g/mol. The first-order chi connectivity index (χ1) is 4.22. The predicted octanol–water partition coefficient (Wildman–Crippen LogP) is 2.40. The minimum absolute atomic E-state index is 0.115. The Kier molecular flexibility index (Phi) is 1.04. The van der Waals surface area contributed by atoms with Crippen LogP contribution < -0.4 is 0 Å². The van der Waals surface area contributed by atoms with E-state index in [1.165, 1.54) is 0 Å². The summed E-state index contributed by atoms with van der Waals surface area (Å²) in [4.78, 5) is 0. The number of rotatable bonds is 2. The van der Waals surface area contributed by atoms with Gasteiger partial charge in [0, 0.05) is 0 Å². The van der Waals surface area contributed by atoms with Crippen molar-refractivity contribution in [2.75, 3.05) is 0 Å². The van der Waals surface area contributed by atoms with Gasteiger partial charge in [0.05, 0.1) is 0 Å². The van der Waals surface area contributed by atoms with E-state index in [4.69, 9.17) is 4.74 Å². The van der Waals surface area contributed by atoms with Crippen LogP contribution >= 0.6 is 21.6 Å². The predicted molar refractivity (Wildman–Crippen MR) is 42.2 cm³/mol.